The Morgan fingerprint density at radius 1 is 0.929 bits per heavy atom. The monoisotopic (exact) mass is 404 g/mol. The van der Waals surface area contributed by atoms with Gasteiger partial charge in [0, 0.05) is 42.5 Å². The highest BCUT2D eigenvalue weighted by molar-refractivity contribution is 7.89. The molecule has 0 spiro atoms. The summed E-state index contributed by atoms with van der Waals surface area (Å²) >= 11 is 0. The Labute approximate surface area is 165 Å². The second kappa shape index (κ2) is 8.62. The van der Waals surface area contributed by atoms with Gasteiger partial charge in [-0.25, -0.2) is 8.42 Å². The Balaban J connectivity index is 1.75. The van der Waals surface area contributed by atoms with Crippen LogP contribution >= 0.6 is 0 Å². The van der Waals surface area contributed by atoms with Crippen LogP contribution < -0.4 is 14.8 Å². The van der Waals surface area contributed by atoms with Crippen LogP contribution in [0, 0.1) is 0 Å². The molecule has 0 unspecified atom stereocenters. The molecule has 1 fully saturated rings. The summed E-state index contributed by atoms with van der Waals surface area (Å²) in [6, 6.07) is 11.0. The standard InChI is InChI=1S/C20H24N2O5S/c1-26-17-12-16(13-18(14-17)27-2)21-20(23)15-6-8-19(9-7-15)28(24,25)22-10-4-3-5-11-22/h6-9,12-14H,3-5,10-11H2,1-2H3,(H,21,23). The van der Waals surface area contributed by atoms with E-state index in [-0.39, 0.29) is 10.8 Å². The number of piperidine rings is 1. The van der Waals surface area contributed by atoms with Gasteiger partial charge in [-0.1, -0.05) is 6.42 Å². The van der Waals surface area contributed by atoms with Crippen LogP contribution in [0.15, 0.2) is 47.4 Å². The molecule has 0 radical (unpaired) electrons. The zero-order valence-electron chi connectivity index (χ0n) is 16.0. The molecule has 1 amide bonds. The predicted octanol–water partition coefficient (Wildman–Crippen LogP) is 3.13. The fourth-order valence-electron chi connectivity index (χ4n) is 3.12. The molecular formula is C20H24N2O5S. The summed E-state index contributed by atoms with van der Waals surface area (Å²) in [6.45, 7) is 1.09. The number of amides is 1. The number of hydrogen-bond acceptors (Lipinski definition) is 5. The largest absolute Gasteiger partial charge is 0.497 e. The van der Waals surface area contributed by atoms with E-state index in [0.29, 0.717) is 35.8 Å². The molecule has 1 aliphatic rings. The maximum absolute atomic E-state index is 12.7. The van der Waals surface area contributed by atoms with Crippen LogP contribution in [0.25, 0.3) is 0 Å². The fourth-order valence-corrected chi connectivity index (χ4v) is 4.63. The average molecular weight is 404 g/mol. The molecule has 28 heavy (non-hydrogen) atoms. The van der Waals surface area contributed by atoms with Gasteiger partial charge in [-0.3, -0.25) is 4.79 Å². The Kier molecular flexibility index (Phi) is 6.21. The first-order valence-electron chi connectivity index (χ1n) is 9.08. The lowest BCUT2D eigenvalue weighted by molar-refractivity contribution is 0.102. The molecule has 0 aromatic heterocycles. The average Bonchev–Trinajstić information content (AvgIpc) is 2.74. The van der Waals surface area contributed by atoms with E-state index < -0.39 is 10.0 Å². The minimum atomic E-state index is -3.51. The van der Waals surface area contributed by atoms with Crippen LogP contribution in [0.5, 0.6) is 11.5 Å². The third-order valence-electron chi connectivity index (χ3n) is 4.68. The minimum absolute atomic E-state index is 0.203. The number of nitrogens with one attached hydrogen (secondary N) is 1. The predicted molar refractivity (Wildman–Crippen MR) is 107 cm³/mol. The molecule has 1 aliphatic heterocycles. The molecule has 1 heterocycles. The summed E-state index contributed by atoms with van der Waals surface area (Å²) in [6.07, 6.45) is 2.81. The third kappa shape index (κ3) is 4.45. The normalized spacial score (nSPS) is 15.1. The van der Waals surface area contributed by atoms with E-state index in [4.69, 9.17) is 9.47 Å². The maximum Gasteiger partial charge on any atom is 0.255 e. The fraction of sp³-hybridized carbons (Fsp3) is 0.350. The first-order valence-corrected chi connectivity index (χ1v) is 10.5. The summed E-state index contributed by atoms with van der Waals surface area (Å²) in [5.41, 5.74) is 0.880. The van der Waals surface area contributed by atoms with Crippen molar-refractivity contribution in [1.82, 2.24) is 4.31 Å². The van der Waals surface area contributed by atoms with Gasteiger partial charge in [0.1, 0.15) is 11.5 Å². The summed E-state index contributed by atoms with van der Waals surface area (Å²) < 4.78 is 37.3. The maximum atomic E-state index is 12.7. The molecule has 0 bridgehead atoms. The van der Waals surface area contributed by atoms with Gasteiger partial charge < -0.3 is 14.8 Å². The first kappa shape index (κ1) is 20.2. The van der Waals surface area contributed by atoms with Gasteiger partial charge in [-0.15, -0.1) is 0 Å². The molecule has 0 atom stereocenters. The second-order valence-electron chi connectivity index (χ2n) is 6.54. The Bertz CT molecular complexity index is 913. The lowest BCUT2D eigenvalue weighted by atomic mass is 10.2. The van der Waals surface area contributed by atoms with Crippen molar-refractivity contribution < 1.29 is 22.7 Å². The number of anilines is 1. The van der Waals surface area contributed by atoms with Gasteiger partial charge in [0.25, 0.3) is 5.91 Å². The molecular weight excluding hydrogens is 380 g/mol. The van der Waals surface area contributed by atoms with E-state index >= 15 is 0 Å². The highest BCUT2D eigenvalue weighted by atomic mass is 32.2. The van der Waals surface area contributed by atoms with E-state index in [0.717, 1.165) is 19.3 Å². The minimum Gasteiger partial charge on any atom is -0.497 e. The van der Waals surface area contributed by atoms with Crippen molar-refractivity contribution in [2.24, 2.45) is 0 Å². The number of methoxy groups -OCH3 is 2. The first-order chi connectivity index (χ1) is 13.4. The van der Waals surface area contributed by atoms with Crippen LogP contribution in [0.1, 0.15) is 29.6 Å². The number of rotatable bonds is 6. The smallest absolute Gasteiger partial charge is 0.255 e. The van der Waals surface area contributed by atoms with Gasteiger partial charge in [-0.2, -0.15) is 4.31 Å². The SMILES string of the molecule is COc1cc(NC(=O)c2ccc(S(=O)(=O)N3CCCCC3)cc2)cc(OC)c1. The van der Waals surface area contributed by atoms with E-state index in [2.05, 4.69) is 5.32 Å². The quantitative estimate of drug-likeness (QED) is 0.800. The van der Waals surface area contributed by atoms with Gasteiger partial charge >= 0.3 is 0 Å². The van der Waals surface area contributed by atoms with E-state index in [1.807, 2.05) is 0 Å². The highest BCUT2D eigenvalue weighted by Gasteiger charge is 2.25. The molecule has 2 aromatic rings. The lowest BCUT2D eigenvalue weighted by Gasteiger charge is -2.25. The molecule has 0 saturated carbocycles. The lowest BCUT2D eigenvalue weighted by Crippen LogP contribution is -2.35. The van der Waals surface area contributed by atoms with Crippen LogP contribution in [0.3, 0.4) is 0 Å². The molecule has 2 aromatic carbocycles. The van der Waals surface area contributed by atoms with Crippen molar-refractivity contribution in [3.63, 3.8) is 0 Å². The van der Waals surface area contributed by atoms with Gasteiger partial charge in [0.2, 0.25) is 10.0 Å². The van der Waals surface area contributed by atoms with Crippen molar-refractivity contribution in [1.29, 1.82) is 0 Å². The van der Waals surface area contributed by atoms with Gasteiger partial charge in [-0.05, 0) is 37.1 Å². The summed E-state index contributed by atoms with van der Waals surface area (Å²) in [5, 5.41) is 2.77. The second-order valence-corrected chi connectivity index (χ2v) is 8.48. The van der Waals surface area contributed by atoms with Crippen molar-refractivity contribution in [3.8, 4) is 11.5 Å². The third-order valence-corrected chi connectivity index (χ3v) is 6.59. The highest BCUT2D eigenvalue weighted by Crippen LogP contribution is 2.26. The van der Waals surface area contributed by atoms with Crippen molar-refractivity contribution in [3.05, 3.63) is 48.0 Å². The topological polar surface area (TPSA) is 84.9 Å². The number of carbonyl (C=O) groups is 1. The molecule has 3 rings (SSSR count). The molecule has 1 N–H and O–H groups in total. The van der Waals surface area contributed by atoms with Gasteiger partial charge in [0.15, 0.2) is 0 Å². The molecule has 0 aliphatic carbocycles. The van der Waals surface area contributed by atoms with E-state index in [9.17, 15) is 13.2 Å². The van der Waals surface area contributed by atoms with Crippen LogP contribution in [0.4, 0.5) is 5.69 Å². The van der Waals surface area contributed by atoms with Gasteiger partial charge in [0.05, 0.1) is 19.1 Å². The summed E-state index contributed by atoms with van der Waals surface area (Å²) in [4.78, 5) is 12.7. The Morgan fingerprint density at radius 3 is 2.04 bits per heavy atom. The van der Waals surface area contributed by atoms with Crippen LogP contribution in [-0.4, -0.2) is 45.9 Å². The molecule has 7 nitrogen and oxygen atoms in total. The molecule has 8 heteroatoms. The van der Waals surface area contributed by atoms with Crippen molar-refractivity contribution in [2.75, 3.05) is 32.6 Å². The summed E-state index contributed by atoms with van der Waals surface area (Å²) in [5.74, 6) is 0.757. The van der Waals surface area contributed by atoms with Crippen molar-refractivity contribution >= 4 is 21.6 Å². The number of benzene rings is 2. The zero-order chi connectivity index (χ0) is 20.1. The number of sulfonamides is 1. The van der Waals surface area contributed by atoms with E-state index in [1.165, 1.54) is 42.8 Å². The molecule has 150 valence electrons. The Hall–Kier alpha value is -2.58. The Morgan fingerprint density at radius 2 is 1.50 bits per heavy atom. The van der Waals surface area contributed by atoms with Crippen LogP contribution in [0.2, 0.25) is 0 Å². The number of carbonyl (C=O) groups excluding carboxylic acids is 1. The van der Waals surface area contributed by atoms with E-state index in [1.54, 1.807) is 18.2 Å². The zero-order valence-corrected chi connectivity index (χ0v) is 16.8. The van der Waals surface area contributed by atoms with Crippen LogP contribution in [-0.2, 0) is 10.0 Å². The number of ether oxygens (including phenoxy) is 2. The van der Waals surface area contributed by atoms with Crippen molar-refractivity contribution in [2.45, 2.75) is 24.2 Å². The molecule has 1 saturated heterocycles. The number of nitrogens with zero attached hydrogens (tertiary/aromatic N) is 1. The number of hydrogen-bond donors (Lipinski definition) is 1. The summed E-state index contributed by atoms with van der Waals surface area (Å²) in [7, 11) is -0.454.